The number of carbonyl (C=O) groups is 3. The van der Waals surface area contributed by atoms with E-state index in [1.807, 2.05) is 103 Å². The summed E-state index contributed by atoms with van der Waals surface area (Å²) in [5, 5.41) is 2.99. The molecule has 2 amide bonds. The fraction of sp³-hybridized carbons (Fsp3) is 0.206. The lowest BCUT2D eigenvalue weighted by Gasteiger charge is -2.36. The number of ether oxygens (including phenoxy) is 2. The van der Waals surface area contributed by atoms with Gasteiger partial charge in [0.05, 0.1) is 13.7 Å². The highest BCUT2D eigenvalue weighted by molar-refractivity contribution is 5.92. The van der Waals surface area contributed by atoms with Crippen LogP contribution in [0.1, 0.15) is 33.7 Å². The van der Waals surface area contributed by atoms with E-state index in [4.69, 9.17) is 9.47 Å². The third-order valence-corrected chi connectivity index (χ3v) is 7.96. The summed E-state index contributed by atoms with van der Waals surface area (Å²) in [5.74, 6) is -1.43. The predicted molar refractivity (Wildman–Crippen MR) is 154 cm³/mol. The molecule has 1 aliphatic heterocycles. The summed E-state index contributed by atoms with van der Waals surface area (Å²) in [7, 11) is 1.32. The number of nitrogens with one attached hydrogen (secondary N) is 1. The van der Waals surface area contributed by atoms with E-state index in [0.717, 1.165) is 38.9 Å². The molecule has 0 aromatic heterocycles. The number of benzene rings is 4. The Labute approximate surface area is 238 Å². The molecule has 2 aliphatic rings. The minimum atomic E-state index is -0.989. The lowest BCUT2D eigenvalue weighted by atomic mass is 9.88. The molecule has 0 saturated heterocycles. The first-order chi connectivity index (χ1) is 20.0. The van der Waals surface area contributed by atoms with Gasteiger partial charge >= 0.3 is 12.1 Å². The van der Waals surface area contributed by atoms with Gasteiger partial charge in [-0.2, -0.15) is 0 Å². The lowest BCUT2D eigenvalue weighted by molar-refractivity contribution is -0.146. The van der Waals surface area contributed by atoms with Gasteiger partial charge in [-0.25, -0.2) is 9.59 Å². The second-order valence-electron chi connectivity index (χ2n) is 10.3. The van der Waals surface area contributed by atoms with Gasteiger partial charge in [0, 0.05) is 12.3 Å². The van der Waals surface area contributed by atoms with Gasteiger partial charge in [-0.1, -0.05) is 103 Å². The van der Waals surface area contributed by atoms with E-state index in [9.17, 15) is 14.4 Å². The molecule has 41 heavy (non-hydrogen) atoms. The van der Waals surface area contributed by atoms with E-state index in [0.29, 0.717) is 6.42 Å². The summed E-state index contributed by atoms with van der Waals surface area (Å²) >= 11 is 0. The molecule has 1 aliphatic carbocycles. The van der Waals surface area contributed by atoms with Crippen molar-refractivity contribution in [3.05, 3.63) is 131 Å². The Morgan fingerprint density at radius 2 is 1.39 bits per heavy atom. The van der Waals surface area contributed by atoms with E-state index in [1.165, 1.54) is 12.0 Å². The first-order valence-electron chi connectivity index (χ1n) is 13.7. The number of fused-ring (bicyclic) bond motifs is 4. The maximum atomic E-state index is 14.0. The third kappa shape index (κ3) is 5.07. The SMILES string of the molecule is COC(=O)[C@@H](NC(=O)[C@@H]1Cc2ccccc2CN1C(=O)OCc1ccccc1)C1c2ccccc2-c2ccccc21. The van der Waals surface area contributed by atoms with Gasteiger partial charge in [-0.3, -0.25) is 9.69 Å². The van der Waals surface area contributed by atoms with Crippen LogP contribution in [-0.2, 0) is 38.6 Å². The molecule has 1 N–H and O–H groups in total. The Kier molecular flexibility index (Phi) is 7.25. The normalized spacial score (nSPS) is 16.1. The predicted octanol–water partition coefficient (Wildman–Crippen LogP) is 5.22. The van der Waals surface area contributed by atoms with E-state index in [1.54, 1.807) is 0 Å². The maximum absolute atomic E-state index is 14.0. The largest absolute Gasteiger partial charge is 0.467 e. The van der Waals surface area contributed by atoms with Crippen molar-refractivity contribution in [2.75, 3.05) is 7.11 Å². The standard InChI is InChI=1S/C34H30N2O5/c1-40-33(38)31(30-27-17-9-7-15-25(27)26-16-8-10-18-28(26)30)35-32(37)29-19-23-13-5-6-14-24(23)20-36(29)34(39)41-21-22-11-3-2-4-12-22/h2-18,29-31H,19-21H2,1H3,(H,35,37)/t29-,31-/m0/s1. The number of methoxy groups -OCH3 is 1. The summed E-state index contributed by atoms with van der Waals surface area (Å²) < 4.78 is 10.8. The van der Waals surface area contributed by atoms with Gasteiger partial charge in [0.1, 0.15) is 18.7 Å². The average molecular weight is 547 g/mol. The topological polar surface area (TPSA) is 84.9 Å². The van der Waals surface area contributed by atoms with Gasteiger partial charge in [0.15, 0.2) is 0 Å². The third-order valence-electron chi connectivity index (χ3n) is 7.96. The van der Waals surface area contributed by atoms with Crippen molar-refractivity contribution in [2.45, 2.75) is 37.6 Å². The number of nitrogens with zero attached hydrogens (tertiary/aromatic N) is 1. The van der Waals surface area contributed by atoms with Gasteiger partial charge in [-0.05, 0) is 38.9 Å². The summed E-state index contributed by atoms with van der Waals surface area (Å²) in [6.45, 7) is 0.312. The Bertz CT molecular complexity index is 1560. The first-order valence-corrected chi connectivity index (χ1v) is 13.7. The molecular weight excluding hydrogens is 516 g/mol. The van der Waals surface area contributed by atoms with E-state index in [2.05, 4.69) is 5.32 Å². The minimum Gasteiger partial charge on any atom is -0.467 e. The number of rotatable bonds is 6. The van der Waals surface area contributed by atoms with Crippen LogP contribution in [0.2, 0.25) is 0 Å². The van der Waals surface area contributed by atoms with E-state index in [-0.39, 0.29) is 13.2 Å². The Balaban J connectivity index is 1.30. The van der Waals surface area contributed by atoms with Crippen LogP contribution in [0, 0.1) is 0 Å². The lowest BCUT2D eigenvalue weighted by Crippen LogP contribution is -2.56. The quantitative estimate of drug-likeness (QED) is 0.335. The fourth-order valence-electron chi connectivity index (χ4n) is 5.96. The highest BCUT2D eigenvalue weighted by Crippen LogP contribution is 2.46. The Morgan fingerprint density at radius 1 is 0.805 bits per heavy atom. The van der Waals surface area contributed by atoms with Crippen molar-refractivity contribution in [3.8, 4) is 11.1 Å². The van der Waals surface area contributed by atoms with Gasteiger partial charge in [-0.15, -0.1) is 0 Å². The highest BCUT2D eigenvalue weighted by Gasteiger charge is 2.42. The average Bonchev–Trinajstić information content (AvgIpc) is 3.36. The molecule has 2 atom stereocenters. The van der Waals surface area contributed by atoms with Crippen molar-refractivity contribution >= 4 is 18.0 Å². The van der Waals surface area contributed by atoms with Crippen LogP contribution in [0.3, 0.4) is 0 Å². The van der Waals surface area contributed by atoms with Crippen LogP contribution in [0.5, 0.6) is 0 Å². The molecule has 0 bridgehead atoms. The molecule has 206 valence electrons. The highest BCUT2D eigenvalue weighted by atomic mass is 16.6. The number of amides is 2. The van der Waals surface area contributed by atoms with Gasteiger partial charge in [0.2, 0.25) is 5.91 Å². The number of esters is 1. The van der Waals surface area contributed by atoms with Crippen molar-refractivity contribution in [2.24, 2.45) is 0 Å². The molecule has 0 unspecified atom stereocenters. The molecule has 0 radical (unpaired) electrons. The molecule has 7 heteroatoms. The molecule has 0 spiro atoms. The first kappa shape index (κ1) is 26.3. The zero-order valence-corrected chi connectivity index (χ0v) is 22.7. The zero-order valence-electron chi connectivity index (χ0n) is 22.7. The Hall–Kier alpha value is -4.91. The van der Waals surface area contributed by atoms with Crippen LogP contribution in [0.25, 0.3) is 11.1 Å². The summed E-state index contributed by atoms with van der Waals surface area (Å²) in [5.41, 5.74) is 6.71. The number of hydrogen-bond donors (Lipinski definition) is 1. The molecule has 4 aromatic rings. The Morgan fingerprint density at radius 3 is 2.05 bits per heavy atom. The number of hydrogen-bond acceptors (Lipinski definition) is 5. The van der Waals surface area contributed by atoms with Crippen molar-refractivity contribution in [3.63, 3.8) is 0 Å². The van der Waals surface area contributed by atoms with E-state index >= 15 is 0 Å². The summed E-state index contributed by atoms with van der Waals surface area (Å²) in [6, 6.07) is 31.1. The van der Waals surface area contributed by atoms with Crippen molar-refractivity contribution < 1.29 is 23.9 Å². The fourth-order valence-corrected chi connectivity index (χ4v) is 5.96. The molecule has 6 rings (SSSR count). The molecule has 0 fully saturated rings. The van der Waals surface area contributed by atoms with E-state index < -0.39 is 36.0 Å². The molecule has 1 heterocycles. The molecule has 0 saturated carbocycles. The van der Waals surface area contributed by atoms with Crippen molar-refractivity contribution in [1.82, 2.24) is 10.2 Å². The monoisotopic (exact) mass is 546 g/mol. The van der Waals surface area contributed by atoms with Crippen LogP contribution >= 0.6 is 0 Å². The van der Waals surface area contributed by atoms with Crippen LogP contribution in [0.15, 0.2) is 103 Å². The second-order valence-corrected chi connectivity index (χ2v) is 10.3. The van der Waals surface area contributed by atoms with Crippen LogP contribution in [-0.4, -0.2) is 42.1 Å². The second kappa shape index (κ2) is 11.3. The maximum Gasteiger partial charge on any atom is 0.411 e. The number of carbonyl (C=O) groups excluding carboxylic acids is 3. The molecule has 4 aromatic carbocycles. The van der Waals surface area contributed by atoms with Crippen LogP contribution < -0.4 is 5.32 Å². The smallest absolute Gasteiger partial charge is 0.411 e. The van der Waals surface area contributed by atoms with Crippen LogP contribution in [0.4, 0.5) is 4.79 Å². The van der Waals surface area contributed by atoms with Gasteiger partial charge < -0.3 is 14.8 Å². The summed E-state index contributed by atoms with van der Waals surface area (Å²) in [4.78, 5) is 42.1. The molecular formula is C34H30N2O5. The van der Waals surface area contributed by atoms with Gasteiger partial charge in [0.25, 0.3) is 0 Å². The minimum absolute atomic E-state index is 0.0899. The van der Waals surface area contributed by atoms with Crippen molar-refractivity contribution in [1.29, 1.82) is 0 Å². The zero-order chi connectivity index (χ0) is 28.3. The molecule has 7 nitrogen and oxygen atoms in total. The summed E-state index contributed by atoms with van der Waals surface area (Å²) in [6.07, 6.45) is -0.288.